The van der Waals surface area contributed by atoms with Gasteiger partial charge in [0.15, 0.2) is 0 Å². The highest BCUT2D eigenvalue weighted by Gasteiger charge is 2.42. The Morgan fingerprint density at radius 1 is 1.23 bits per heavy atom. The van der Waals surface area contributed by atoms with Gasteiger partial charge in [0.2, 0.25) is 0 Å². The van der Waals surface area contributed by atoms with Crippen molar-refractivity contribution in [3.63, 3.8) is 0 Å². The van der Waals surface area contributed by atoms with Gasteiger partial charge in [0.1, 0.15) is 5.78 Å². The lowest BCUT2D eigenvalue weighted by Gasteiger charge is -2.43. The predicted molar refractivity (Wildman–Crippen MR) is 55.5 cm³/mol. The van der Waals surface area contributed by atoms with Gasteiger partial charge in [-0.15, -0.1) is 0 Å². The van der Waals surface area contributed by atoms with Crippen LogP contribution in [0.4, 0.5) is 0 Å². The van der Waals surface area contributed by atoms with E-state index < -0.39 is 0 Å². The summed E-state index contributed by atoms with van der Waals surface area (Å²) in [5.41, 5.74) is -0.0497. The van der Waals surface area contributed by atoms with Crippen LogP contribution in [0.3, 0.4) is 0 Å². The summed E-state index contributed by atoms with van der Waals surface area (Å²) in [5, 5.41) is 0. The largest absolute Gasteiger partial charge is 0.299 e. The van der Waals surface area contributed by atoms with Crippen molar-refractivity contribution in [1.29, 1.82) is 0 Å². The maximum absolute atomic E-state index is 11.6. The molecule has 0 saturated heterocycles. The molecule has 0 N–H and O–H groups in total. The number of hydrogen-bond donors (Lipinski definition) is 0. The molecule has 1 saturated carbocycles. The molecule has 0 aromatic heterocycles. The predicted octanol–water partition coefficient (Wildman–Crippen LogP) is 3.28. The first kappa shape index (κ1) is 10.7. The molecule has 0 aliphatic heterocycles. The van der Waals surface area contributed by atoms with Crippen LogP contribution in [-0.2, 0) is 4.79 Å². The van der Waals surface area contributed by atoms with Gasteiger partial charge < -0.3 is 0 Å². The second-order valence-electron chi connectivity index (χ2n) is 5.27. The summed E-state index contributed by atoms with van der Waals surface area (Å²) in [6, 6.07) is 0. The van der Waals surface area contributed by atoms with Gasteiger partial charge in [-0.25, -0.2) is 0 Å². The molecule has 4 unspecified atom stereocenters. The van der Waals surface area contributed by atoms with Crippen molar-refractivity contribution in [3.8, 4) is 0 Å². The first-order chi connectivity index (χ1) is 5.88. The number of hydrogen-bond acceptors (Lipinski definition) is 1. The smallest absolute Gasteiger partial charge is 0.135 e. The topological polar surface area (TPSA) is 17.1 Å². The van der Waals surface area contributed by atoms with E-state index >= 15 is 0 Å². The van der Waals surface area contributed by atoms with E-state index in [1.54, 1.807) is 6.92 Å². The normalized spacial score (nSPS) is 46.1. The van der Waals surface area contributed by atoms with Crippen molar-refractivity contribution in [2.24, 2.45) is 23.2 Å². The van der Waals surface area contributed by atoms with Gasteiger partial charge in [0.05, 0.1) is 0 Å². The highest BCUT2D eigenvalue weighted by molar-refractivity contribution is 5.82. The summed E-state index contributed by atoms with van der Waals surface area (Å²) in [4.78, 5) is 11.6. The summed E-state index contributed by atoms with van der Waals surface area (Å²) in [5.74, 6) is 2.41. The Morgan fingerprint density at radius 3 is 2.23 bits per heavy atom. The summed E-state index contributed by atoms with van der Waals surface area (Å²) in [6.07, 6.45) is 2.28. The van der Waals surface area contributed by atoms with Gasteiger partial charge in [-0.1, -0.05) is 27.7 Å². The first-order valence-corrected chi connectivity index (χ1v) is 5.39. The van der Waals surface area contributed by atoms with Crippen LogP contribution in [-0.4, -0.2) is 5.78 Å². The zero-order valence-corrected chi connectivity index (χ0v) is 9.55. The van der Waals surface area contributed by atoms with E-state index in [1.165, 1.54) is 6.42 Å². The standard InChI is InChI=1S/C12H22O/c1-8-6-10(3)12(5,11(4)13)7-9(8)2/h8-10H,6-7H2,1-5H3. The molecule has 0 bridgehead atoms. The van der Waals surface area contributed by atoms with Crippen molar-refractivity contribution < 1.29 is 4.79 Å². The molecule has 1 fully saturated rings. The molecular weight excluding hydrogens is 160 g/mol. The Hall–Kier alpha value is -0.330. The average Bonchev–Trinajstić information content (AvgIpc) is 2.01. The van der Waals surface area contributed by atoms with Crippen LogP contribution in [0.5, 0.6) is 0 Å². The second-order valence-corrected chi connectivity index (χ2v) is 5.27. The molecule has 1 aliphatic rings. The van der Waals surface area contributed by atoms with Crippen LogP contribution in [0.1, 0.15) is 47.5 Å². The van der Waals surface area contributed by atoms with Crippen molar-refractivity contribution in [2.45, 2.75) is 47.5 Å². The fourth-order valence-corrected chi connectivity index (χ4v) is 2.61. The summed E-state index contributed by atoms with van der Waals surface area (Å²) in [7, 11) is 0. The van der Waals surface area contributed by atoms with E-state index in [-0.39, 0.29) is 5.41 Å². The fraction of sp³-hybridized carbons (Fsp3) is 0.917. The Kier molecular flexibility index (Phi) is 2.84. The quantitative estimate of drug-likeness (QED) is 0.608. The minimum atomic E-state index is -0.0497. The minimum Gasteiger partial charge on any atom is -0.299 e. The Balaban J connectivity index is 2.82. The molecular formula is C12H22O. The van der Waals surface area contributed by atoms with Crippen molar-refractivity contribution in [2.75, 3.05) is 0 Å². The maximum atomic E-state index is 11.6. The van der Waals surface area contributed by atoms with E-state index in [0.717, 1.165) is 12.3 Å². The van der Waals surface area contributed by atoms with E-state index in [4.69, 9.17) is 0 Å². The summed E-state index contributed by atoms with van der Waals surface area (Å²) in [6.45, 7) is 10.7. The van der Waals surface area contributed by atoms with Crippen LogP contribution < -0.4 is 0 Å². The Bertz CT molecular complexity index is 209. The zero-order chi connectivity index (χ0) is 10.2. The van der Waals surface area contributed by atoms with E-state index in [2.05, 4.69) is 27.7 Å². The van der Waals surface area contributed by atoms with Crippen molar-refractivity contribution >= 4 is 5.78 Å². The maximum Gasteiger partial charge on any atom is 0.135 e. The third kappa shape index (κ3) is 1.79. The highest BCUT2D eigenvalue weighted by Crippen LogP contribution is 2.46. The Morgan fingerprint density at radius 2 is 1.77 bits per heavy atom. The molecule has 0 radical (unpaired) electrons. The third-order valence-corrected chi connectivity index (χ3v) is 4.33. The summed E-state index contributed by atoms with van der Waals surface area (Å²) >= 11 is 0. The molecule has 4 atom stereocenters. The van der Waals surface area contributed by atoms with Gasteiger partial charge in [0, 0.05) is 5.41 Å². The number of ketones is 1. The lowest BCUT2D eigenvalue weighted by atomic mass is 9.60. The van der Waals surface area contributed by atoms with Crippen LogP contribution in [0.25, 0.3) is 0 Å². The molecule has 0 spiro atoms. The van der Waals surface area contributed by atoms with Crippen LogP contribution in [0.2, 0.25) is 0 Å². The van der Waals surface area contributed by atoms with E-state index in [0.29, 0.717) is 17.6 Å². The van der Waals surface area contributed by atoms with E-state index in [1.807, 2.05) is 0 Å². The van der Waals surface area contributed by atoms with Crippen LogP contribution in [0, 0.1) is 23.2 Å². The van der Waals surface area contributed by atoms with Crippen molar-refractivity contribution in [1.82, 2.24) is 0 Å². The molecule has 13 heavy (non-hydrogen) atoms. The minimum absolute atomic E-state index is 0.0497. The zero-order valence-electron chi connectivity index (χ0n) is 9.55. The van der Waals surface area contributed by atoms with E-state index in [9.17, 15) is 4.79 Å². The number of carbonyl (C=O) groups is 1. The van der Waals surface area contributed by atoms with Gasteiger partial charge >= 0.3 is 0 Å². The van der Waals surface area contributed by atoms with Gasteiger partial charge in [0.25, 0.3) is 0 Å². The molecule has 1 nitrogen and oxygen atoms in total. The average molecular weight is 182 g/mol. The monoisotopic (exact) mass is 182 g/mol. The molecule has 1 rings (SSSR count). The second kappa shape index (κ2) is 3.43. The van der Waals surface area contributed by atoms with Gasteiger partial charge in [-0.2, -0.15) is 0 Å². The molecule has 0 aromatic carbocycles. The number of carbonyl (C=O) groups excluding carboxylic acids is 1. The fourth-order valence-electron chi connectivity index (χ4n) is 2.61. The van der Waals surface area contributed by atoms with Crippen molar-refractivity contribution in [3.05, 3.63) is 0 Å². The first-order valence-electron chi connectivity index (χ1n) is 5.39. The van der Waals surface area contributed by atoms with Gasteiger partial charge in [-0.05, 0) is 37.5 Å². The van der Waals surface area contributed by atoms with Crippen LogP contribution in [0.15, 0.2) is 0 Å². The lowest BCUT2D eigenvalue weighted by Crippen LogP contribution is -2.41. The molecule has 0 heterocycles. The third-order valence-electron chi connectivity index (χ3n) is 4.33. The van der Waals surface area contributed by atoms with Gasteiger partial charge in [-0.3, -0.25) is 4.79 Å². The molecule has 76 valence electrons. The summed E-state index contributed by atoms with van der Waals surface area (Å²) < 4.78 is 0. The number of rotatable bonds is 1. The molecule has 1 aliphatic carbocycles. The molecule has 1 heteroatoms. The van der Waals surface area contributed by atoms with Crippen LogP contribution >= 0.6 is 0 Å². The lowest BCUT2D eigenvalue weighted by molar-refractivity contribution is -0.132. The molecule has 0 amide bonds. The SMILES string of the molecule is CC(=O)C1(C)CC(C)C(C)CC1C. The number of Topliss-reactive ketones (excluding diaryl/α,β-unsaturated/α-hetero) is 1. The molecule has 0 aromatic rings. The highest BCUT2D eigenvalue weighted by atomic mass is 16.1. The Labute approximate surface area is 81.9 Å².